The van der Waals surface area contributed by atoms with Crippen LogP contribution in [0.15, 0.2) is 16.6 Å². The molecular formula is C5H9ClN4S. The first kappa shape index (κ1) is 10.3. The number of aliphatic imine (C=N–C) groups is 1. The Kier molecular flexibility index (Phi) is 4.72. The average molecular weight is 193 g/mol. The van der Waals surface area contributed by atoms with Crippen LogP contribution >= 0.6 is 23.4 Å². The van der Waals surface area contributed by atoms with Gasteiger partial charge < -0.3 is 11.5 Å². The maximum Gasteiger partial charge on any atom is 0.193 e. The molecule has 0 aromatic rings. The van der Waals surface area contributed by atoms with Crippen LogP contribution in [-0.2, 0) is 0 Å². The highest BCUT2D eigenvalue weighted by Gasteiger charge is 1.96. The monoisotopic (exact) mass is 192 g/mol. The van der Waals surface area contributed by atoms with Gasteiger partial charge in [0.05, 0.1) is 0 Å². The van der Waals surface area contributed by atoms with Crippen LogP contribution < -0.4 is 11.5 Å². The number of nitrogens with zero attached hydrogens (tertiary/aromatic N) is 1. The fourth-order valence-electron chi connectivity index (χ4n) is 0.296. The second-order valence-electron chi connectivity index (χ2n) is 1.65. The fraction of sp³-hybridized carbons (Fsp3) is 0.200. The van der Waals surface area contributed by atoms with E-state index >= 15 is 0 Å². The first-order valence-corrected chi connectivity index (χ1v) is 4.03. The van der Waals surface area contributed by atoms with Crippen LogP contribution in [0.2, 0.25) is 0 Å². The molecule has 0 aliphatic rings. The first-order chi connectivity index (χ1) is 5.02. The number of thioether (sulfide) groups is 1. The highest BCUT2D eigenvalue weighted by molar-refractivity contribution is 8.13. The third-order valence-corrected chi connectivity index (χ3v) is 1.75. The molecule has 0 radical (unpaired) electrons. The molecule has 5 N–H and O–H groups in total. The molecule has 0 fully saturated rings. The molecule has 0 bridgehead atoms. The lowest BCUT2D eigenvalue weighted by atomic mass is 10.7. The lowest BCUT2D eigenvalue weighted by molar-refractivity contribution is 1.44. The lowest BCUT2D eigenvalue weighted by Gasteiger charge is -1.95. The van der Waals surface area contributed by atoms with Crippen molar-refractivity contribution in [2.75, 3.05) is 5.75 Å². The molecule has 0 aliphatic carbocycles. The van der Waals surface area contributed by atoms with Gasteiger partial charge in [0.15, 0.2) is 11.1 Å². The van der Waals surface area contributed by atoms with Gasteiger partial charge in [-0.05, 0) is 0 Å². The van der Waals surface area contributed by atoms with Gasteiger partial charge in [-0.25, -0.2) is 0 Å². The molecular weight excluding hydrogens is 184 g/mol. The van der Waals surface area contributed by atoms with Crippen molar-refractivity contribution < 1.29 is 0 Å². The topological polar surface area (TPSA) is 88.2 Å². The summed E-state index contributed by atoms with van der Waals surface area (Å²) < 4.78 is 0. The third kappa shape index (κ3) is 7.21. The van der Waals surface area contributed by atoms with Crippen molar-refractivity contribution in [3.05, 3.63) is 11.6 Å². The highest BCUT2D eigenvalue weighted by Crippen LogP contribution is 2.10. The van der Waals surface area contributed by atoms with E-state index in [0.717, 1.165) is 11.8 Å². The predicted octanol–water partition coefficient (Wildman–Crippen LogP) is 0.680. The van der Waals surface area contributed by atoms with Crippen LogP contribution in [-0.4, -0.2) is 16.9 Å². The number of guanidine groups is 1. The van der Waals surface area contributed by atoms with Crippen molar-refractivity contribution in [3.8, 4) is 0 Å². The Hall–Kier alpha value is -0.680. The van der Waals surface area contributed by atoms with E-state index in [-0.39, 0.29) is 11.1 Å². The zero-order chi connectivity index (χ0) is 8.85. The van der Waals surface area contributed by atoms with E-state index in [1.165, 1.54) is 0 Å². The van der Waals surface area contributed by atoms with Crippen molar-refractivity contribution in [2.24, 2.45) is 16.5 Å². The summed E-state index contributed by atoms with van der Waals surface area (Å²) in [6.45, 7) is 3.44. The Morgan fingerprint density at radius 2 is 2.18 bits per heavy atom. The molecule has 0 heterocycles. The summed E-state index contributed by atoms with van der Waals surface area (Å²) in [5.41, 5.74) is 10.0. The number of hydrogen-bond acceptors (Lipinski definition) is 2. The summed E-state index contributed by atoms with van der Waals surface area (Å²) in [5, 5.41) is 7.63. The molecule has 0 aromatic carbocycles. The van der Waals surface area contributed by atoms with Crippen LogP contribution in [0.1, 0.15) is 0 Å². The maximum atomic E-state index is 7.13. The Balaban J connectivity index is 3.71. The maximum absolute atomic E-state index is 7.13. The molecule has 0 unspecified atom stereocenters. The molecule has 0 atom stereocenters. The number of nitrogens with one attached hydrogen (secondary N) is 1. The van der Waals surface area contributed by atoms with Gasteiger partial charge in [0.25, 0.3) is 0 Å². The van der Waals surface area contributed by atoms with E-state index in [1.807, 2.05) is 0 Å². The smallest absolute Gasteiger partial charge is 0.193 e. The van der Waals surface area contributed by atoms with Crippen molar-refractivity contribution in [1.29, 1.82) is 5.41 Å². The molecule has 0 saturated carbocycles. The average Bonchev–Trinajstić information content (AvgIpc) is 1.82. The zero-order valence-corrected chi connectivity index (χ0v) is 7.37. The van der Waals surface area contributed by atoms with E-state index in [0.29, 0.717) is 10.8 Å². The minimum Gasteiger partial charge on any atom is -0.370 e. The van der Waals surface area contributed by atoms with Gasteiger partial charge in [-0.3, -0.25) is 5.41 Å². The SMILES string of the molecule is C=C(Cl)CSC(=N)N=C(N)N. The van der Waals surface area contributed by atoms with Crippen molar-refractivity contribution in [2.45, 2.75) is 0 Å². The third-order valence-electron chi connectivity index (χ3n) is 0.596. The van der Waals surface area contributed by atoms with Crippen molar-refractivity contribution in [3.63, 3.8) is 0 Å². The summed E-state index contributed by atoms with van der Waals surface area (Å²) >= 11 is 6.55. The summed E-state index contributed by atoms with van der Waals surface area (Å²) in [5.74, 6) is 0.319. The van der Waals surface area contributed by atoms with Crippen LogP contribution in [0.25, 0.3) is 0 Å². The number of hydrogen-bond donors (Lipinski definition) is 3. The Bertz CT molecular complexity index is 197. The van der Waals surface area contributed by atoms with Crippen LogP contribution in [0, 0.1) is 5.41 Å². The Morgan fingerprint density at radius 3 is 2.55 bits per heavy atom. The summed E-state index contributed by atoms with van der Waals surface area (Å²) in [4.78, 5) is 3.47. The van der Waals surface area contributed by atoms with Gasteiger partial charge in [0.1, 0.15) is 0 Å². The van der Waals surface area contributed by atoms with Gasteiger partial charge in [0, 0.05) is 10.8 Å². The molecule has 11 heavy (non-hydrogen) atoms. The molecule has 0 saturated heterocycles. The first-order valence-electron chi connectivity index (χ1n) is 2.66. The van der Waals surface area contributed by atoms with Crippen LogP contribution in [0.3, 0.4) is 0 Å². The predicted molar refractivity (Wildman–Crippen MR) is 51.0 cm³/mol. The van der Waals surface area contributed by atoms with Crippen LogP contribution in [0.5, 0.6) is 0 Å². The standard InChI is InChI=1S/C5H9ClN4S/c1-3(6)2-11-5(9)10-4(7)8/h1-2H2,(H5,7,8,9,10). The second-order valence-corrected chi connectivity index (χ2v) is 3.15. The summed E-state index contributed by atoms with van der Waals surface area (Å²) in [6, 6.07) is 0. The number of amidine groups is 1. The number of nitrogens with two attached hydrogens (primary N) is 2. The molecule has 0 rings (SSSR count). The van der Waals surface area contributed by atoms with E-state index < -0.39 is 0 Å². The van der Waals surface area contributed by atoms with E-state index in [1.54, 1.807) is 0 Å². The van der Waals surface area contributed by atoms with E-state index in [9.17, 15) is 0 Å². The molecule has 0 amide bonds. The highest BCUT2D eigenvalue weighted by atomic mass is 35.5. The molecule has 4 nitrogen and oxygen atoms in total. The molecule has 0 aliphatic heterocycles. The number of halogens is 1. The van der Waals surface area contributed by atoms with E-state index in [2.05, 4.69) is 11.6 Å². The fourth-order valence-corrected chi connectivity index (χ4v) is 0.923. The summed E-state index contributed by atoms with van der Waals surface area (Å²) in [6.07, 6.45) is 0. The lowest BCUT2D eigenvalue weighted by Crippen LogP contribution is -2.23. The second kappa shape index (κ2) is 5.03. The zero-order valence-electron chi connectivity index (χ0n) is 5.80. The quantitative estimate of drug-likeness (QED) is 0.444. The summed E-state index contributed by atoms with van der Waals surface area (Å²) in [7, 11) is 0. The van der Waals surface area contributed by atoms with Crippen LogP contribution in [0.4, 0.5) is 0 Å². The minimum absolute atomic E-state index is 0.0341. The van der Waals surface area contributed by atoms with Gasteiger partial charge in [-0.2, -0.15) is 4.99 Å². The molecule has 62 valence electrons. The Morgan fingerprint density at radius 1 is 1.64 bits per heavy atom. The van der Waals surface area contributed by atoms with Gasteiger partial charge in [0.2, 0.25) is 0 Å². The van der Waals surface area contributed by atoms with Crippen molar-refractivity contribution in [1.82, 2.24) is 0 Å². The normalized spacial score (nSPS) is 8.82. The van der Waals surface area contributed by atoms with E-state index in [4.69, 9.17) is 28.5 Å². The van der Waals surface area contributed by atoms with Gasteiger partial charge >= 0.3 is 0 Å². The molecule has 6 heteroatoms. The number of rotatable bonds is 2. The van der Waals surface area contributed by atoms with Gasteiger partial charge in [-0.15, -0.1) is 0 Å². The molecule has 0 aromatic heterocycles. The molecule has 0 spiro atoms. The minimum atomic E-state index is -0.123. The van der Waals surface area contributed by atoms with Gasteiger partial charge in [-0.1, -0.05) is 29.9 Å². The van der Waals surface area contributed by atoms with Crippen molar-refractivity contribution >= 4 is 34.5 Å². The largest absolute Gasteiger partial charge is 0.370 e. The Labute approximate surface area is 74.2 Å².